The van der Waals surface area contributed by atoms with Gasteiger partial charge in [-0.3, -0.25) is 14.7 Å². The standard InChI is InChI=1S/C11H17N3O/c1-9(11(12)15)14(2)8-6-10-5-3-4-7-13-10/h3-5,7,9H,6,8H2,1-2H3,(H2,12,15)/t9-/m1/s1. The highest BCUT2D eigenvalue weighted by atomic mass is 16.1. The van der Waals surface area contributed by atoms with E-state index in [2.05, 4.69) is 4.98 Å². The fraction of sp³-hybridized carbons (Fsp3) is 0.455. The second-order valence-electron chi connectivity index (χ2n) is 3.63. The van der Waals surface area contributed by atoms with E-state index < -0.39 is 0 Å². The second-order valence-corrected chi connectivity index (χ2v) is 3.63. The molecule has 2 N–H and O–H groups in total. The lowest BCUT2D eigenvalue weighted by atomic mass is 10.2. The summed E-state index contributed by atoms with van der Waals surface area (Å²) < 4.78 is 0. The zero-order valence-corrected chi connectivity index (χ0v) is 9.18. The third kappa shape index (κ3) is 3.67. The summed E-state index contributed by atoms with van der Waals surface area (Å²) in [6.45, 7) is 2.59. The molecule has 0 radical (unpaired) electrons. The van der Waals surface area contributed by atoms with Gasteiger partial charge < -0.3 is 5.73 Å². The summed E-state index contributed by atoms with van der Waals surface area (Å²) in [7, 11) is 1.89. The fourth-order valence-electron chi connectivity index (χ4n) is 1.25. The molecule has 4 heteroatoms. The first-order valence-electron chi connectivity index (χ1n) is 5.00. The molecule has 1 aromatic rings. The van der Waals surface area contributed by atoms with Gasteiger partial charge >= 0.3 is 0 Å². The van der Waals surface area contributed by atoms with Gasteiger partial charge in [0.15, 0.2) is 0 Å². The maximum absolute atomic E-state index is 10.9. The highest BCUT2D eigenvalue weighted by Crippen LogP contribution is 1.99. The molecule has 15 heavy (non-hydrogen) atoms. The van der Waals surface area contributed by atoms with E-state index in [1.165, 1.54) is 0 Å². The van der Waals surface area contributed by atoms with Crippen molar-refractivity contribution < 1.29 is 4.79 Å². The molecule has 0 saturated heterocycles. The molecule has 0 aromatic carbocycles. The predicted molar refractivity (Wildman–Crippen MR) is 59.2 cm³/mol. The van der Waals surface area contributed by atoms with Crippen LogP contribution in [0.15, 0.2) is 24.4 Å². The Morgan fingerprint density at radius 2 is 2.33 bits per heavy atom. The fourth-order valence-corrected chi connectivity index (χ4v) is 1.25. The summed E-state index contributed by atoms with van der Waals surface area (Å²) >= 11 is 0. The normalized spacial score (nSPS) is 12.7. The lowest BCUT2D eigenvalue weighted by molar-refractivity contribution is -0.122. The molecule has 0 saturated carbocycles. The Morgan fingerprint density at radius 3 is 2.87 bits per heavy atom. The number of pyridine rings is 1. The maximum atomic E-state index is 10.9. The van der Waals surface area contributed by atoms with Gasteiger partial charge in [-0.05, 0) is 26.1 Å². The van der Waals surface area contributed by atoms with Crippen molar-refractivity contribution in [2.24, 2.45) is 5.73 Å². The van der Waals surface area contributed by atoms with Crippen LogP contribution in [0.25, 0.3) is 0 Å². The van der Waals surface area contributed by atoms with E-state index in [0.29, 0.717) is 0 Å². The summed E-state index contributed by atoms with van der Waals surface area (Å²) in [6.07, 6.45) is 2.60. The molecule has 0 unspecified atom stereocenters. The number of hydrogen-bond acceptors (Lipinski definition) is 3. The van der Waals surface area contributed by atoms with Gasteiger partial charge in [-0.15, -0.1) is 0 Å². The average molecular weight is 207 g/mol. The third-order valence-corrected chi connectivity index (χ3v) is 2.52. The molecular weight excluding hydrogens is 190 g/mol. The molecule has 0 aliphatic carbocycles. The number of aromatic nitrogens is 1. The molecule has 1 heterocycles. The van der Waals surface area contributed by atoms with Crippen LogP contribution in [0.5, 0.6) is 0 Å². The molecule has 0 aliphatic heterocycles. The number of carbonyl (C=O) groups is 1. The van der Waals surface area contributed by atoms with Crippen LogP contribution in [-0.2, 0) is 11.2 Å². The van der Waals surface area contributed by atoms with Gasteiger partial charge in [-0.25, -0.2) is 0 Å². The molecule has 1 aromatic heterocycles. The summed E-state index contributed by atoms with van der Waals surface area (Å²) in [5, 5.41) is 0. The minimum absolute atomic E-state index is 0.228. The third-order valence-electron chi connectivity index (χ3n) is 2.52. The number of hydrogen-bond donors (Lipinski definition) is 1. The summed E-state index contributed by atoms with van der Waals surface area (Å²) in [5.41, 5.74) is 6.24. The van der Waals surface area contributed by atoms with Crippen molar-refractivity contribution >= 4 is 5.91 Å². The number of carbonyl (C=O) groups excluding carboxylic acids is 1. The maximum Gasteiger partial charge on any atom is 0.234 e. The molecule has 1 atom stereocenters. The lowest BCUT2D eigenvalue weighted by Crippen LogP contribution is -2.41. The van der Waals surface area contributed by atoms with Crippen LogP contribution in [0, 0.1) is 0 Å². The molecule has 1 rings (SSSR count). The first kappa shape index (κ1) is 11.7. The Hall–Kier alpha value is -1.42. The van der Waals surface area contributed by atoms with Crippen molar-refractivity contribution in [2.45, 2.75) is 19.4 Å². The van der Waals surface area contributed by atoms with Gasteiger partial charge in [-0.1, -0.05) is 6.07 Å². The number of amides is 1. The van der Waals surface area contributed by atoms with Gasteiger partial charge in [0.05, 0.1) is 6.04 Å². The summed E-state index contributed by atoms with van der Waals surface area (Å²) in [4.78, 5) is 17.1. The van der Waals surface area contributed by atoms with E-state index in [1.54, 1.807) is 13.1 Å². The Balaban J connectivity index is 2.41. The first-order valence-corrected chi connectivity index (χ1v) is 5.00. The average Bonchev–Trinajstić information content (AvgIpc) is 2.26. The minimum atomic E-state index is -0.293. The Labute approximate surface area is 90.1 Å². The number of nitrogens with two attached hydrogens (primary N) is 1. The Morgan fingerprint density at radius 1 is 1.60 bits per heavy atom. The van der Waals surface area contributed by atoms with E-state index in [-0.39, 0.29) is 11.9 Å². The number of rotatable bonds is 5. The van der Waals surface area contributed by atoms with Crippen molar-refractivity contribution in [3.05, 3.63) is 30.1 Å². The van der Waals surface area contributed by atoms with Gasteiger partial charge in [0.2, 0.25) is 5.91 Å². The van der Waals surface area contributed by atoms with Gasteiger partial charge in [0.1, 0.15) is 0 Å². The highest BCUT2D eigenvalue weighted by Gasteiger charge is 2.13. The molecule has 0 fully saturated rings. The minimum Gasteiger partial charge on any atom is -0.368 e. The quantitative estimate of drug-likeness (QED) is 0.761. The number of primary amides is 1. The van der Waals surface area contributed by atoms with E-state index in [1.807, 2.05) is 30.1 Å². The molecular formula is C11H17N3O. The van der Waals surface area contributed by atoms with Crippen molar-refractivity contribution in [1.82, 2.24) is 9.88 Å². The van der Waals surface area contributed by atoms with Gasteiger partial charge in [0.25, 0.3) is 0 Å². The van der Waals surface area contributed by atoms with Crippen LogP contribution in [0.1, 0.15) is 12.6 Å². The first-order chi connectivity index (χ1) is 7.11. The molecule has 4 nitrogen and oxygen atoms in total. The largest absolute Gasteiger partial charge is 0.368 e. The van der Waals surface area contributed by atoms with Gasteiger partial charge in [0, 0.05) is 24.9 Å². The highest BCUT2D eigenvalue weighted by molar-refractivity contribution is 5.79. The van der Waals surface area contributed by atoms with Crippen molar-refractivity contribution in [3.63, 3.8) is 0 Å². The molecule has 82 valence electrons. The molecule has 1 amide bonds. The summed E-state index contributed by atoms with van der Waals surface area (Å²) in [5.74, 6) is -0.293. The number of nitrogens with zero attached hydrogens (tertiary/aromatic N) is 2. The number of likely N-dealkylation sites (N-methyl/N-ethyl adjacent to an activating group) is 1. The Kier molecular flexibility index (Phi) is 4.24. The van der Waals surface area contributed by atoms with E-state index >= 15 is 0 Å². The van der Waals surface area contributed by atoms with Crippen LogP contribution in [0.2, 0.25) is 0 Å². The van der Waals surface area contributed by atoms with Crippen LogP contribution in [0.3, 0.4) is 0 Å². The molecule has 0 bridgehead atoms. The van der Waals surface area contributed by atoms with Crippen LogP contribution < -0.4 is 5.73 Å². The van der Waals surface area contributed by atoms with E-state index in [0.717, 1.165) is 18.7 Å². The predicted octanol–water partition coefficient (Wildman–Crippen LogP) is 0.430. The van der Waals surface area contributed by atoms with Gasteiger partial charge in [-0.2, -0.15) is 0 Å². The monoisotopic (exact) mass is 207 g/mol. The van der Waals surface area contributed by atoms with Crippen LogP contribution in [-0.4, -0.2) is 35.4 Å². The van der Waals surface area contributed by atoms with Crippen molar-refractivity contribution in [3.8, 4) is 0 Å². The summed E-state index contributed by atoms with van der Waals surface area (Å²) in [6, 6.07) is 5.59. The van der Waals surface area contributed by atoms with E-state index in [4.69, 9.17) is 5.73 Å². The second kappa shape index (κ2) is 5.46. The van der Waals surface area contributed by atoms with E-state index in [9.17, 15) is 4.79 Å². The SMILES string of the molecule is C[C@H](C(N)=O)N(C)CCc1ccccn1. The van der Waals surface area contributed by atoms with Crippen molar-refractivity contribution in [2.75, 3.05) is 13.6 Å². The Bertz CT molecular complexity index is 313. The zero-order valence-electron chi connectivity index (χ0n) is 9.18. The van der Waals surface area contributed by atoms with Crippen LogP contribution in [0.4, 0.5) is 0 Å². The molecule has 0 aliphatic rings. The van der Waals surface area contributed by atoms with Crippen LogP contribution >= 0.6 is 0 Å². The zero-order chi connectivity index (χ0) is 11.3. The lowest BCUT2D eigenvalue weighted by Gasteiger charge is -2.21. The smallest absolute Gasteiger partial charge is 0.234 e. The van der Waals surface area contributed by atoms with Crippen molar-refractivity contribution in [1.29, 1.82) is 0 Å². The topological polar surface area (TPSA) is 59.2 Å². The molecule has 0 spiro atoms.